The monoisotopic (exact) mass is 304 g/mol. The van der Waals surface area contributed by atoms with Crippen molar-refractivity contribution in [3.8, 4) is 5.88 Å². The van der Waals surface area contributed by atoms with Crippen molar-refractivity contribution < 1.29 is 4.74 Å². The smallest absolute Gasteiger partial charge is 0.213 e. The first kappa shape index (κ1) is 16.6. The van der Waals surface area contributed by atoms with Crippen LogP contribution in [0.25, 0.3) is 0 Å². The van der Waals surface area contributed by atoms with Crippen molar-refractivity contribution in [1.82, 2.24) is 15.6 Å². The molecule has 0 atom stereocenters. The van der Waals surface area contributed by atoms with E-state index >= 15 is 0 Å². The van der Waals surface area contributed by atoms with Gasteiger partial charge in [0.15, 0.2) is 5.96 Å². The van der Waals surface area contributed by atoms with Crippen LogP contribution < -0.4 is 15.4 Å². The fourth-order valence-corrected chi connectivity index (χ4v) is 1.97. The Morgan fingerprint density at radius 1 is 1.32 bits per heavy atom. The summed E-state index contributed by atoms with van der Waals surface area (Å²) in [5.41, 5.74) is 1.09. The minimum absolute atomic E-state index is 0.622. The average molecular weight is 304 g/mol. The molecule has 0 aromatic carbocycles. The largest absolute Gasteiger partial charge is 0.477 e. The third kappa shape index (κ3) is 6.33. The second-order valence-electron chi connectivity index (χ2n) is 5.73. The summed E-state index contributed by atoms with van der Waals surface area (Å²) in [6, 6.07) is 3.97. The fourth-order valence-electron chi connectivity index (χ4n) is 1.97. The molecule has 0 bridgehead atoms. The van der Waals surface area contributed by atoms with Crippen LogP contribution in [0.3, 0.4) is 0 Å². The standard InChI is InChI=1S/C17H28N4O/c1-3-5-10-19-17(18-4-2)21-12-15-8-9-16(20-11-15)22-13-14-6-7-14/h8-9,11,14H,3-7,10,12-13H2,1-2H3,(H2,18,19,21). The van der Waals surface area contributed by atoms with Gasteiger partial charge in [0.2, 0.25) is 5.88 Å². The minimum Gasteiger partial charge on any atom is -0.477 e. The molecule has 0 radical (unpaired) electrons. The van der Waals surface area contributed by atoms with Crippen LogP contribution in [-0.4, -0.2) is 30.6 Å². The molecule has 5 nitrogen and oxygen atoms in total. The zero-order valence-electron chi connectivity index (χ0n) is 13.8. The lowest BCUT2D eigenvalue weighted by atomic mass is 10.3. The Labute approximate surface area is 133 Å². The van der Waals surface area contributed by atoms with Gasteiger partial charge in [0.05, 0.1) is 13.2 Å². The maximum Gasteiger partial charge on any atom is 0.213 e. The van der Waals surface area contributed by atoms with Crippen LogP contribution in [0.4, 0.5) is 0 Å². The normalized spacial score (nSPS) is 14.7. The Morgan fingerprint density at radius 2 is 2.18 bits per heavy atom. The van der Waals surface area contributed by atoms with Gasteiger partial charge in [0, 0.05) is 25.4 Å². The molecule has 0 aliphatic heterocycles. The van der Waals surface area contributed by atoms with Crippen molar-refractivity contribution in [3.63, 3.8) is 0 Å². The molecule has 2 N–H and O–H groups in total. The van der Waals surface area contributed by atoms with Crippen LogP contribution in [0.5, 0.6) is 5.88 Å². The second-order valence-corrected chi connectivity index (χ2v) is 5.73. The molecule has 1 fully saturated rings. The van der Waals surface area contributed by atoms with Gasteiger partial charge in [-0.1, -0.05) is 19.4 Å². The van der Waals surface area contributed by atoms with Crippen LogP contribution in [0.2, 0.25) is 0 Å². The number of guanidine groups is 1. The zero-order valence-corrected chi connectivity index (χ0v) is 13.8. The first-order chi connectivity index (χ1) is 10.8. The summed E-state index contributed by atoms with van der Waals surface area (Å²) < 4.78 is 5.64. The Hall–Kier alpha value is -1.78. The summed E-state index contributed by atoms with van der Waals surface area (Å²) >= 11 is 0. The molecule has 0 saturated heterocycles. The van der Waals surface area contributed by atoms with Crippen LogP contribution in [-0.2, 0) is 6.54 Å². The van der Waals surface area contributed by atoms with Crippen LogP contribution in [0.15, 0.2) is 23.3 Å². The van der Waals surface area contributed by atoms with Crippen molar-refractivity contribution >= 4 is 5.96 Å². The number of pyridine rings is 1. The first-order valence-electron chi connectivity index (χ1n) is 8.41. The number of aromatic nitrogens is 1. The van der Waals surface area contributed by atoms with Crippen molar-refractivity contribution in [1.29, 1.82) is 0 Å². The Kier molecular flexibility index (Phi) is 7.00. The molecule has 1 saturated carbocycles. The zero-order chi connectivity index (χ0) is 15.6. The summed E-state index contributed by atoms with van der Waals surface area (Å²) in [6.45, 7) is 7.50. The molecule has 1 heterocycles. The molecule has 2 rings (SSSR count). The van der Waals surface area contributed by atoms with Gasteiger partial charge in [-0.15, -0.1) is 0 Å². The average Bonchev–Trinajstić information content (AvgIpc) is 3.36. The van der Waals surface area contributed by atoms with Gasteiger partial charge in [-0.2, -0.15) is 0 Å². The van der Waals surface area contributed by atoms with Gasteiger partial charge < -0.3 is 15.4 Å². The number of unbranched alkanes of at least 4 members (excludes halogenated alkanes) is 1. The summed E-state index contributed by atoms with van der Waals surface area (Å²) in [5.74, 6) is 2.33. The third-order valence-electron chi connectivity index (χ3n) is 3.55. The molecule has 0 amide bonds. The number of hydrogen-bond donors (Lipinski definition) is 2. The molecular formula is C17H28N4O. The van der Waals surface area contributed by atoms with Gasteiger partial charge >= 0.3 is 0 Å². The maximum atomic E-state index is 5.64. The molecule has 1 aromatic rings. The number of hydrogen-bond acceptors (Lipinski definition) is 3. The highest BCUT2D eigenvalue weighted by Crippen LogP contribution is 2.29. The van der Waals surface area contributed by atoms with E-state index < -0.39 is 0 Å². The molecule has 1 aromatic heterocycles. The summed E-state index contributed by atoms with van der Waals surface area (Å²) in [5, 5.41) is 6.59. The van der Waals surface area contributed by atoms with Crippen LogP contribution >= 0.6 is 0 Å². The van der Waals surface area contributed by atoms with Gasteiger partial charge in [0.25, 0.3) is 0 Å². The highest BCUT2D eigenvalue weighted by molar-refractivity contribution is 5.79. The predicted octanol–water partition coefficient (Wildman–Crippen LogP) is 2.73. The van der Waals surface area contributed by atoms with E-state index in [0.29, 0.717) is 12.4 Å². The summed E-state index contributed by atoms with van der Waals surface area (Å²) in [4.78, 5) is 8.93. The molecular weight excluding hydrogens is 276 g/mol. The van der Waals surface area contributed by atoms with E-state index in [-0.39, 0.29) is 0 Å². The molecule has 1 aliphatic rings. The lowest BCUT2D eigenvalue weighted by molar-refractivity contribution is 0.288. The van der Waals surface area contributed by atoms with E-state index in [2.05, 4.69) is 34.5 Å². The fraction of sp³-hybridized carbons (Fsp3) is 0.647. The van der Waals surface area contributed by atoms with Gasteiger partial charge in [-0.05, 0) is 37.7 Å². The van der Waals surface area contributed by atoms with Gasteiger partial charge in [0.1, 0.15) is 0 Å². The minimum atomic E-state index is 0.622. The van der Waals surface area contributed by atoms with E-state index in [1.54, 1.807) is 0 Å². The van der Waals surface area contributed by atoms with Crippen molar-refractivity contribution in [3.05, 3.63) is 23.9 Å². The van der Waals surface area contributed by atoms with Crippen molar-refractivity contribution in [2.75, 3.05) is 19.7 Å². The highest BCUT2D eigenvalue weighted by atomic mass is 16.5. The van der Waals surface area contributed by atoms with Gasteiger partial charge in [-0.25, -0.2) is 9.98 Å². The van der Waals surface area contributed by atoms with E-state index in [9.17, 15) is 0 Å². The topological polar surface area (TPSA) is 58.5 Å². The maximum absolute atomic E-state index is 5.64. The Bertz CT molecular complexity index is 454. The predicted molar refractivity (Wildman–Crippen MR) is 90.2 cm³/mol. The Balaban J connectivity index is 1.80. The number of rotatable bonds is 9. The van der Waals surface area contributed by atoms with Crippen LogP contribution in [0, 0.1) is 5.92 Å². The molecule has 0 spiro atoms. The quantitative estimate of drug-likeness (QED) is 0.418. The summed E-state index contributed by atoms with van der Waals surface area (Å²) in [6.07, 6.45) is 6.77. The van der Waals surface area contributed by atoms with Crippen molar-refractivity contribution in [2.45, 2.75) is 46.1 Å². The molecule has 22 heavy (non-hydrogen) atoms. The summed E-state index contributed by atoms with van der Waals surface area (Å²) in [7, 11) is 0. The number of ether oxygens (including phenoxy) is 1. The third-order valence-corrected chi connectivity index (χ3v) is 3.55. The Morgan fingerprint density at radius 3 is 2.82 bits per heavy atom. The van der Waals surface area contributed by atoms with E-state index in [1.165, 1.54) is 19.3 Å². The van der Waals surface area contributed by atoms with Gasteiger partial charge in [-0.3, -0.25) is 0 Å². The van der Waals surface area contributed by atoms with E-state index in [1.807, 2.05) is 18.3 Å². The molecule has 122 valence electrons. The number of aliphatic imine (C=N–C) groups is 1. The SMILES string of the molecule is CCCCNC(=NCc1ccc(OCC2CC2)nc1)NCC. The van der Waals surface area contributed by atoms with E-state index in [0.717, 1.165) is 43.6 Å². The van der Waals surface area contributed by atoms with Crippen molar-refractivity contribution in [2.24, 2.45) is 10.9 Å². The number of nitrogens with one attached hydrogen (secondary N) is 2. The van der Waals surface area contributed by atoms with Crippen LogP contribution in [0.1, 0.15) is 45.1 Å². The lowest BCUT2D eigenvalue weighted by Gasteiger charge is -2.10. The first-order valence-corrected chi connectivity index (χ1v) is 8.41. The molecule has 5 heteroatoms. The number of nitrogens with zero attached hydrogens (tertiary/aromatic N) is 2. The molecule has 0 unspecified atom stereocenters. The van der Waals surface area contributed by atoms with E-state index in [4.69, 9.17) is 4.74 Å². The highest BCUT2D eigenvalue weighted by Gasteiger charge is 2.21. The molecule has 1 aliphatic carbocycles. The lowest BCUT2D eigenvalue weighted by Crippen LogP contribution is -2.37. The second kappa shape index (κ2) is 9.28.